The quantitative estimate of drug-likeness (QED) is 0.648. The van der Waals surface area contributed by atoms with Crippen LogP contribution in [0.4, 0.5) is 4.79 Å². The molecule has 0 spiro atoms. The van der Waals surface area contributed by atoms with E-state index in [0.717, 1.165) is 38.9 Å². The van der Waals surface area contributed by atoms with E-state index in [4.69, 9.17) is 4.74 Å². The maximum atomic E-state index is 12.5. The van der Waals surface area contributed by atoms with E-state index < -0.39 is 0 Å². The van der Waals surface area contributed by atoms with E-state index >= 15 is 0 Å². The first-order valence-electron chi connectivity index (χ1n) is 8.11. The van der Waals surface area contributed by atoms with Gasteiger partial charge >= 0.3 is 0 Å². The first kappa shape index (κ1) is 18.9. The highest BCUT2D eigenvalue weighted by Gasteiger charge is 2.34. The molecule has 26 heavy (non-hydrogen) atoms. The van der Waals surface area contributed by atoms with Crippen LogP contribution in [0.15, 0.2) is 39.7 Å². The van der Waals surface area contributed by atoms with E-state index in [9.17, 15) is 9.59 Å². The third-order valence-electron chi connectivity index (χ3n) is 4.22. The van der Waals surface area contributed by atoms with Crippen LogP contribution in [0.3, 0.4) is 0 Å². The zero-order valence-corrected chi connectivity index (χ0v) is 17.2. The van der Waals surface area contributed by atoms with Crippen molar-refractivity contribution >= 4 is 44.9 Å². The Bertz CT molecular complexity index is 904. The van der Waals surface area contributed by atoms with Crippen molar-refractivity contribution in [2.24, 2.45) is 0 Å². The number of carbonyl (C=O) groups excluding carboxylic acids is 2. The second-order valence-corrected chi connectivity index (χ2v) is 7.88. The molecule has 2 heterocycles. The van der Waals surface area contributed by atoms with E-state index in [2.05, 4.69) is 20.5 Å². The van der Waals surface area contributed by atoms with E-state index in [1.54, 1.807) is 13.2 Å². The number of thioether (sulfide) groups is 1. The summed E-state index contributed by atoms with van der Waals surface area (Å²) in [6.45, 7) is 4.64. The Morgan fingerprint density at radius 1 is 1.23 bits per heavy atom. The van der Waals surface area contributed by atoms with Crippen LogP contribution in [0.1, 0.15) is 17.0 Å². The van der Waals surface area contributed by atoms with Crippen LogP contribution in [0.25, 0.3) is 11.8 Å². The summed E-state index contributed by atoms with van der Waals surface area (Å²) in [4.78, 5) is 26.2. The predicted octanol–water partition coefficient (Wildman–Crippen LogP) is 4.54. The molecule has 136 valence electrons. The molecule has 0 atom stereocenters. The van der Waals surface area contributed by atoms with Crippen molar-refractivity contribution in [3.63, 3.8) is 0 Å². The summed E-state index contributed by atoms with van der Waals surface area (Å²) in [7, 11) is 1.55. The molecule has 0 bridgehead atoms. The molecule has 0 radical (unpaired) electrons. The fourth-order valence-corrected chi connectivity index (χ4v) is 4.21. The molecule has 1 aliphatic heterocycles. The Kier molecular flexibility index (Phi) is 5.70. The lowest BCUT2D eigenvalue weighted by Gasteiger charge is -2.11. The number of hydrogen-bond acceptors (Lipinski definition) is 4. The van der Waals surface area contributed by atoms with Gasteiger partial charge in [0.2, 0.25) is 0 Å². The van der Waals surface area contributed by atoms with Crippen molar-refractivity contribution in [3.8, 4) is 5.69 Å². The smallest absolute Gasteiger partial charge is 0.293 e. The number of methoxy groups -OCH3 is 1. The molecule has 5 nitrogen and oxygen atoms in total. The molecule has 2 aromatic rings. The molecular weight excluding hydrogens is 416 g/mol. The molecule has 0 unspecified atom stereocenters. The molecule has 0 aliphatic carbocycles. The van der Waals surface area contributed by atoms with Gasteiger partial charge in [-0.15, -0.1) is 0 Å². The first-order valence-corrected chi connectivity index (χ1v) is 9.72. The number of ether oxygens (including phenoxy) is 1. The number of imide groups is 1. The van der Waals surface area contributed by atoms with Gasteiger partial charge in [0.15, 0.2) is 0 Å². The summed E-state index contributed by atoms with van der Waals surface area (Å²) in [6.07, 6.45) is 1.80. The Labute approximate surface area is 165 Å². The zero-order valence-electron chi connectivity index (χ0n) is 14.8. The molecule has 3 rings (SSSR count). The Morgan fingerprint density at radius 2 is 2.00 bits per heavy atom. The summed E-state index contributed by atoms with van der Waals surface area (Å²) in [6, 6.07) is 10.1. The topological polar surface area (TPSA) is 51.5 Å². The van der Waals surface area contributed by atoms with Crippen LogP contribution >= 0.6 is 27.7 Å². The van der Waals surface area contributed by atoms with E-state index in [1.165, 1.54) is 4.90 Å². The number of rotatable bonds is 5. The number of aryl methyl sites for hydroxylation is 1. The number of benzene rings is 1. The largest absolute Gasteiger partial charge is 0.383 e. The lowest BCUT2D eigenvalue weighted by molar-refractivity contribution is -0.123. The van der Waals surface area contributed by atoms with Crippen LogP contribution < -0.4 is 0 Å². The molecule has 2 amide bonds. The minimum atomic E-state index is -0.260. The molecule has 1 fully saturated rings. The molecular formula is C19H19BrN2O3S. The highest BCUT2D eigenvalue weighted by atomic mass is 79.9. The lowest BCUT2D eigenvalue weighted by atomic mass is 10.2. The monoisotopic (exact) mass is 434 g/mol. The van der Waals surface area contributed by atoms with Gasteiger partial charge in [0.05, 0.1) is 18.1 Å². The van der Waals surface area contributed by atoms with Crippen molar-refractivity contribution < 1.29 is 14.3 Å². The molecule has 0 N–H and O–H groups in total. The van der Waals surface area contributed by atoms with Crippen molar-refractivity contribution in [1.29, 1.82) is 0 Å². The van der Waals surface area contributed by atoms with E-state index in [1.807, 2.05) is 44.2 Å². The number of amides is 2. The molecule has 1 saturated heterocycles. The van der Waals surface area contributed by atoms with Crippen molar-refractivity contribution in [3.05, 3.63) is 56.7 Å². The van der Waals surface area contributed by atoms with Gasteiger partial charge in [-0.05, 0) is 61.5 Å². The minimum Gasteiger partial charge on any atom is -0.383 e. The summed E-state index contributed by atoms with van der Waals surface area (Å²) in [5.74, 6) is -0.260. The van der Waals surface area contributed by atoms with Gasteiger partial charge in [-0.3, -0.25) is 14.5 Å². The van der Waals surface area contributed by atoms with Gasteiger partial charge in [0, 0.05) is 28.7 Å². The molecule has 1 aromatic carbocycles. The maximum Gasteiger partial charge on any atom is 0.293 e. The molecule has 0 saturated carbocycles. The van der Waals surface area contributed by atoms with E-state index in [0.29, 0.717) is 11.5 Å². The van der Waals surface area contributed by atoms with Gasteiger partial charge in [0.1, 0.15) is 0 Å². The summed E-state index contributed by atoms with van der Waals surface area (Å²) in [5.41, 5.74) is 4.05. The molecule has 1 aromatic heterocycles. The lowest BCUT2D eigenvalue weighted by Crippen LogP contribution is -2.31. The third-order valence-corrected chi connectivity index (χ3v) is 5.62. The van der Waals surface area contributed by atoms with Crippen LogP contribution in [0.5, 0.6) is 0 Å². The van der Waals surface area contributed by atoms with Gasteiger partial charge in [-0.25, -0.2) is 0 Å². The first-order chi connectivity index (χ1) is 12.4. The van der Waals surface area contributed by atoms with Crippen LogP contribution in [0.2, 0.25) is 0 Å². The number of nitrogens with zero attached hydrogens (tertiary/aromatic N) is 2. The van der Waals surface area contributed by atoms with Crippen molar-refractivity contribution in [1.82, 2.24) is 9.47 Å². The highest BCUT2D eigenvalue weighted by Crippen LogP contribution is 2.33. The normalized spacial score (nSPS) is 16.2. The number of hydrogen-bond donors (Lipinski definition) is 0. The standard InChI is InChI=1S/C19H19BrN2O3S/c1-12-9-14(13(2)22(12)16-6-4-5-15(20)11-16)10-17-18(23)21(7-8-25-3)19(24)26-17/h4-6,9-11H,7-8H2,1-3H3/b17-10+. The fourth-order valence-electron chi connectivity index (χ4n) is 2.96. The molecule has 7 heteroatoms. The average Bonchev–Trinajstić information content (AvgIpc) is 3.02. The highest BCUT2D eigenvalue weighted by molar-refractivity contribution is 9.10. The SMILES string of the molecule is COCCN1C(=O)S/C(=C/c2cc(C)n(-c3cccc(Br)c3)c2C)C1=O. The summed E-state index contributed by atoms with van der Waals surface area (Å²) < 4.78 is 8.10. The third kappa shape index (κ3) is 3.65. The fraction of sp³-hybridized carbons (Fsp3) is 0.263. The van der Waals surface area contributed by atoms with Gasteiger partial charge in [-0.1, -0.05) is 22.0 Å². The second kappa shape index (κ2) is 7.82. The van der Waals surface area contributed by atoms with Crippen LogP contribution in [0, 0.1) is 13.8 Å². The Balaban J connectivity index is 1.94. The predicted molar refractivity (Wildman–Crippen MR) is 107 cm³/mol. The number of carbonyl (C=O) groups is 2. The van der Waals surface area contributed by atoms with Gasteiger partial charge < -0.3 is 9.30 Å². The second-order valence-electron chi connectivity index (χ2n) is 5.97. The zero-order chi connectivity index (χ0) is 18.8. The Hall–Kier alpha value is -1.83. The Morgan fingerprint density at radius 3 is 2.69 bits per heavy atom. The van der Waals surface area contributed by atoms with Crippen molar-refractivity contribution in [2.45, 2.75) is 13.8 Å². The van der Waals surface area contributed by atoms with Gasteiger partial charge in [-0.2, -0.15) is 0 Å². The van der Waals surface area contributed by atoms with Crippen molar-refractivity contribution in [2.75, 3.05) is 20.3 Å². The maximum absolute atomic E-state index is 12.5. The summed E-state index contributed by atoms with van der Waals surface area (Å²) >= 11 is 4.48. The van der Waals surface area contributed by atoms with E-state index in [-0.39, 0.29) is 17.7 Å². The molecule has 1 aliphatic rings. The average molecular weight is 435 g/mol. The summed E-state index contributed by atoms with van der Waals surface area (Å²) in [5, 5.41) is -0.251. The number of aromatic nitrogens is 1. The van der Waals surface area contributed by atoms with Gasteiger partial charge in [0.25, 0.3) is 11.1 Å². The van der Waals surface area contributed by atoms with Crippen LogP contribution in [-0.2, 0) is 9.53 Å². The number of halogens is 1. The minimum absolute atomic E-state index is 0.251. The van der Waals surface area contributed by atoms with Crippen LogP contribution in [-0.4, -0.2) is 40.9 Å².